The number of aryl methyl sites for hydroxylation is 2. The summed E-state index contributed by atoms with van der Waals surface area (Å²) in [6.45, 7) is 5.86. The predicted molar refractivity (Wildman–Crippen MR) is 128 cm³/mol. The minimum absolute atomic E-state index is 0.245. The Morgan fingerprint density at radius 2 is 1.68 bits per heavy atom. The second-order valence-electron chi connectivity index (χ2n) is 8.41. The summed E-state index contributed by atoms with van der Waals surface area (Å²) in [6.07, 6.45) is 0. The Bertz CT molecular complexity index is 1390. The number of allylic oxidation sites excluding steroid dienone is 1. The van der Waals surface area contributed by atoms with E-state index in [-0.39, 0.29) is 23.6 Å². The monoisotopic (exact) mass is 454 g/mol. The fourth-order valence-electron chi connectivity index (χ4n) is 4.38. The van der Waals surface area contributed by atoms with Crippen LogP contribution >= 0.6 is 0 Å². The van der Waals surface area contributed by atoms with Gasteiger partial charge in [0.15, 0.2) is 0 Å². The van der Waals surface area contributed by atoms with Crippen molar-refractivity contribution < 1.29 is 13.7 Å². The standard InChI is InChI=1S/C27H23FN4O2/c1-16-12-17(2)14-22(13-16)32-18(3)23(24(29-27(32)33)19-8-5-4-6-9-19)26-30-25(31-34-26)20-10-7-11-21(28)15-20/h4-15,24H,1-3H3,(H,29,33). The summed E-state index contributed by atoms with van der Waals surface area (Å²) in [7, 11) is 0. The van der Waals surface area contributed by atoms with Gasteiger partial charge < -0.3 is 9.84 Å². The summed E-state index contributed by atoms with van der Waals surface area (Å²) in [5.41, 5.74) is 5.60. The van der Waals surface area contributed by atoms with Crippen molar-refractivity contribution in [2.24, 2.45) is 0 Å². The van der Waals surface area contributed by atoms with E-state index in [1.54, 1.807) is 17.0 Å². The predicted octanol–water partition coefficient (Wildman–Crippen LogP) is 6.19. The van der Waals surface area contributed by atoms with E-state index in [1.165, 1.54) is 12.1 Å². The fraction of sp³-hybridized carbons (Fsp3) is 0.148. The molecule has 1 N–H and O–H groups in total. The van der Waals surface area contributed by atoms with Gasteiger partial charge in [0.05, 0.1) is 17.3 Å². The lowest BCUT2D eigenvalue weighted by Gasteiger charge is -2.35. The molecule has 0 spiro atoms. The number of benzene rings is 3. The largest absolute Gasteiger partial charge is 0.334 e. The van der Waals surface area contributed by atoms with Gasteiger partial charge in [-0.3, -0.25) is 4.90 Å². The fourth-order valence-corrected chi connectivity index (χ4v) is 4.38. The van der Waals surface area contributed by atoms with Crippen molar-refractivity contribution in [3.05, 3.63) is 107 Å². The summed E-state index contributed by atoms with van der Waals surface area (Å²) in [4.78, 5) is 19.5. The highest BCUT2D eigenvalue weighted by Gasteiger charge is 2.36. The van der Waals surface area contributed by atoms with Crippen molar-refractivity contribution in [2.45, 2.75) is 26.8 Å². The van der Waals surface area contributed by atoms with Crippen LogP contribution in [-0.4, -0.2) is 16.2 Å². The maximum atomic E-state index is 13.8. The van der Waals surface area contributed by atoms with Crippen molar-refractivity contribution in [2.75, 3.05) is 4.90 Å². The Kier molecular flexibility index (Phi) is 5.45. The molecule has 0 fully saturated rings. The van der Waals surface area contributed by atoms with Crippen LogP contribution in [0.2, 0.25) is 0 Å². The number of hydrogen-bond acceptors (Lipinski definition) is 4. The molecule has 1 aliphatic heterocycles. The van der Waals surface area contributed by atoms with Gasteiger partial charge in [0.25, 0.3) is 5.89 Å². The molecule has 0 radical (unpaired) electrons. The smallest absolute Gasteiger partial charge is 0.326 e. The van der Waals surface area contributed by atoms with E-state index in [0.717, 1.165) is 22.4 Å². The van der Waals surface area contributed by atoms with Gasteiger partial charge in [0.2, 0.25) is 5.82 Å². The zero-order chi connectivity index (χ0) is 23.8. The van der Waals surface area contributed by atoms with E-state index in [1.807, 2.05) is 63.2 Å². The van der Waals surface area contributed by atoms with Gasteiger partial charge in [-0.15, -0.1) is 0 Å². The maximum Gasteiger partial charge on any atom is 0.326 e. The lowest BCUT2D eigenvalue weighted by molar-refractivity contribution is 0.244. The van der Waals surface area contributed by atoms with Crippen molar-refractivity contribution in [3.8, 4) is 11.4 Å². The number of carbonyl (C=O) groups excluding carboxylic acids is 1. The molecule has 0 bridgehead atoms. The summed E-state index contributed by atoms with van der Waals surface area (Å²) < 4.78 is 19.4. The van der Waals surface area contributed by atoms with Gasteiger partial charge >= 0.3 is 6.03 Å². The Hall–Kier alpha value is -4.26. The third-order valence-corrected chi connectivity index (χ3v) is 5.82. The number of aromatic nitrogens is 2. The number of nitrogens with zero attached hydrogens (tertiary/aromatic N) is 3. The van der Waals surface area contributed by atoms with Gasteiger partial charge in [0.1, 0.15) is 5.82 Å². The summed E-state index contributed by atoms with van der Waals surface area (Å²) in [5, 5.41) is 7.19. The summed E-state index contributed by atoms with van der Waals surface area (Å²) >= 11 is 0. The lowest BCUT2D eigenvalue weighted by Crippen LogP contribution is -2.46. The molecule has 170 valence electrons. The van der Waals surface area contributed by atoms with Crippen molar-refractivity contribution >= 4 is 17.3 Å². The highest BCUT2D eigenvalue weighted by molar-refractivity contribution is 6.01. The maximum absolute atomic E-state index is 13.8. The normalized spacial score (nSPS) is 16.1. The number of urea groups is 1. The van der Waals surface area contributed by atoms with Crippen LogP contribution in [0.1, 0.15) is 35.5 Å². The number of halogens is 1. The lowest BCUT2D eigenvalue weighted by atomic mass is 9.94. The number of anilines is 1. The molecule has 5 rings (SSSR count). The summed E-state index contributed by atoms with van der Waals surface area (Å²) in [6, 6.07) is 20.9. The van der Waals surface area contributed by atoms with Gasteiger partial charge in [-0.2, -0.15) is 4.98 Å². The molecule has 6 nitrogen and oxygen atoms in total. The minimum Gasteiger partial charge on any atom is -0.334 e. The Morgan fingerprint density at radius 3 is 2.38 bits per heavy atom. The quantitative estimate of drug-likeness (QED) is 0.399. The number of carbonyl (C=O) groups is 1. The first kappa shape index (κ1) is 21.6. The molecular formula is C27H23FN4O2. The number of amides is 2. The molecule has 1 aliphatic rings. The highest BCUT2D eigenvalue weighted by atomic mass is 19.1. The Morgan fingerprint density at radius 1 is 0.941 bits per heavy atom. The zero-order valence-electron chi connectivity index (χ0n) is 19.0. The molecule has 1 unspecified atom stereocenters. The average molecular weight is 455 g/mol. The van der Waals surface area contributed by atoms with Crippen LogP contribution in [0.25, 0.3) is 17.0 Å². The number of hydrogen-bond donors (Lipinski definition) is 1. The first-order chi connectivity index (χ1) is 16.4. The van der Waals surface area contributed by atoms with Crippen LogP contribution < -0.4 is 10.2 Å². The third-order valence-electron chi connectivity index (χ3n) is 5.82. The molecule has 3 aromatic carbocycles. The molecule has 0 saturated carbocycles. The molecule has 1 atom stereocenters. The number of rotatable bonds is 4. The van der Waals surface area contributed by atoms with E-state index in [4.69, 9.17) is 4.52 Å². The van der Waals surface area contributed by atoms with E-state index < -0.39 is 6.04 Å². The molecule has 7 heteroatoms. The van der Waals surface area contributed by atoms with Crippen LogP contribution in [-0.2, 0) is 0 Å². The van der Waals surface area contributed by atoms with Gasteiger partial charge in [-0.05, 0) is 61.7 Å². The average Bonchev–Trinajstić information content (AvgIpc) is 3.28. The topological polar surface area (TPSA) is 71.3 Å². The van der Waals surface area contributed by atoms with Gasteiger partial charge in [-0.25, -0.2) is 9.18 Å². The van der Waals surface area contributed by atoms with Crippen molar-refractivity contribution in [1.82, 2.24) is 15.5 Å². The molecule has 4 aromatic rings. The molecule has 2 amide bonds. The van der Waals surface area contributed by atoms with E-state index in [2.05, 4.69) is 21.5 Å². The van der Waals surface area contributed by atoms with E-state index in [0.29, 0.717) is 16.8 Å². The van der Waals surface area contributed by atoms with Gasteiger partial charge in [0, 0.05) is 11.3 Å². The third kappa shape index (κ3) is 3.96. The molecule has 34 heavy (non-hydrogen) atoms. The van der Waals surface area contributed by atoms with Crippen molar-refractivity contribution in [1.29, 1.82) is 0 Å². The van der Waals surface area contributed by atoms with Crippen LogP contribution in [0.15, 0.2) is 83.0 Å². The van der Waals surface area contributed by atoms with Crippen LogP contribution in [0, 0.1) is 19.7 Å². The Balaban J connectivity index is 1.67. The first-order valence-electron chi connectivity index (χ1n) is 11.0. The number of nitrogens with one attached hydrogen (secondary N) is 1. The SMILES string of the molecule is CC1=C(c2nc(-c3cccc(F)c3)no2)C(c2ccccc2)NC(=O)N1c1cc(C)cc(C)c1. The minimum atomic E-state index is -0.489. The van der Waals surface area contributed by atoms with Crippen LogP contribution in [0.4, 0.5) is 14.9 Å². The Labute approximate surface area is 196 Å². The van der Waals surface area contributed by atoms with E-state index >= 15 is 0 Å². The zero-order valence-corrected chi connectivity index (χ0v) is 19.0. The molecule has 1 aromatic heterocycles. The molecule has 0 saturated heterocycles. The summed E-state index contributed by atoms with van der Waals surface area (Å²) in [5.74, 6) is 0.156. The second-order valence-corrected chi connectivity index (χ2v) is 8.41. The van der Waals surface area contributed by atoms with E-state index in [9.17, 15) is 9.18 Å². The second kappa shape index (κ2) is 8.59. The molecule has 0 aliphatic carbocycles. The first-order valence-corrected chi connectivity index (χ1v) is 11.0. The molecule has 2 heterocycles. The van der Waals surface area contributed by atoms with Gasteiger partial charge in [-0.1, -0.05) is 53.7 Å². The highest BCUT2D eigenvalue weighted by Crippen LogP contribution is 2.39. The van der Waals surface area contributed by atoms with Crippen molar-refractivity contribution in [3.63, 3.8) is 0 Å². The molecular weight excluding hydrogens is 431 g/mol. The van der Waals surface area contributed by atoms with Crippen LogP contribution in [0.5, 0.6) is 0 Å². The van der Waals surface area contributed by atoms with Crippen LogP contribution in [0.3, 0.4) is 0 Å².